The van der Waals surface area contributed by atoms with E-state index in [0.717, 1.165) is 13.0 Å². The second-order valence-electron chi connectivity index (χ2n) is 4.50. The molecule has 5 heteroatoms. The number of amides is 1. The molecule has 0 radical (unpaired) electrons. The van der Waals surface area contributed by atoms with Crippen molar-refractivity contribution in [2.75, 3.05) is 32.6 Å². The molecule has 0 saturated heterocycles. The van der Waals surface area contributed by atoms with Crippen molar-refractivity contribution in [3.8, 4) is 0 Å². The number of nitrogens with zero attached hydrogens (tertiary/aromatic N) is 1. The maximum atomic E-state index is 13.0. The highest BCUT2D eigenvalue weighted by Gasteiger charge is 2.17. The van der Waals surface area contributed by atoms with Gasteiger partial charge in [0.2, 0.25) is 5.91 Å². The summed E-state index contributed by atoms with van der Waals surface area (Å²) in [6, 6.07) is 5.60. The van der Waals surface area contributed by atoms with Gasteiger partial charge in [-0.15, -0.1) is 0 Å². The van der Waals surface area contributed by atoms with Gasteiger partial charge in [0.1, 0.15) is 5.82 Å². The number of hydrogen-bond donors (Lipinski definition) is 1. The van der Waals surface area contributed by atoms with E-state index >= 15 is 0 Å². The lowest BCUT2D eigenvalue weighted by molar-refractivity contribution is -0.120. The fourth-order valence-corrected chi connectivity index (χ4v) is 1.67. The number of rotatable bonds is 7. The number of benzene rings is 1. The zero-order valence-corrected chi connectivity index (χ0v) is 11.6. The first-order valence-corrected chi connectivity index (χ1v) is 6.30. The quantitative estimate of drug-likeness (QED) is 0.770. The third-order valence-electron chi connectivity index (χ3n) is 2.99. The average molecular weight is 268 g/mol. The number of hydrogen-bond acceptors (Lipinski definition) is 3. The third-order valence-corrected chi connectivity index (χ3v) is 2.99. The van der Waals surface area contributed by atoms with Crippen LogP contribution >= 0.6 is 0 Å². The average Bonchev–Trinajstić information content (AvgIpc) is 2.38. The van der Waals surface area contributed by atoms with Gasteiger partial charge in [-0.05, 0) is 38.6 Å². The van der Waals surface area contributed by atoms with E-state index in [1.54, 1.807) is 19.2 Å². The van der Waals surface area contributed by atoms with Gasteiger partial charge in [0.05, 0.1) is 6.04 Å². The summed E-state index contributed by atoms with van der Waals surface area (Å²) in [6.07, 6.45) is 0.866. The van der Waals surface area contributed by atoms with Crippen molar-refractivity contribution in [1.82, 2.24) is 4.90 Å². The van der Waals surface area contributed by atoms with E-state index in [9.17, 15) is 9.18 Å². The Morgan fingerprint density at radius 2 is 2.26 bits per heavy atom. The van der Waals surface area contributed by atoms with Crippen molar-refractivity contribution in [1.29, 1.82) is 0 Å². The van der Waals surface area contributed by atoms with Gasteiger partial charge in [-0.2, -0.15) is 0 Å². The van der Waals surface area contributed by atoms with Gasteiger partial charge >= 0.3 is 0 Å². The second-order valence-corrected chi connectivity index (χ2v) is 4.50. The number of nitrogens with one attached hydrogen (secondary N) is 1. The molecule has 106 valence electrons. The van der Waals surface area contributed by atoms with Gasteiger partial charge < -0.3 is 10.1 Å². The number of carbonyl (C=O) groups is 1. The topological polar surface area (TPSA) is 41.6 Å². The van der Waals surface area contributed by atoms with E-state index in [-0.39, 0.29) is 17.8 Å². The summed E-state index contributed by atoms with van der Waals surface area (Å²) >= 11 is 0. The highest BCUT2D eigenvalue weighted by Crippen LogP contribution is 2.10. The number of likely N-dealkylation sites (N-methyl/N-ethyl adjacent to an activating group) is 1. The Bertz CT molecular complexity index is 412. The van der Waals surface area contributed by atoms with E-state index in [4.69, 9.17) is 4.74 Å². The van der Waals surface area contributed by atoms with Gasteiger partial charge in [-0.3, -0.25) is 9.69 Å². The van der Waals surface area contributed by atoms with Crippen molar-refractivity contribution in [3.05, 3.63) is 30.1 Å². The summed E-state index contributed by atoms with van der Waals surface area (Å²) < 4.78 is 18.0. The molecule has 0 spiro atoms. The van der Waals surface area contributed by atoms with Crippen LogP contribution in [0.25, 0.3) is 0 Å². The van der Waals surface area contributed by atoms with E-state index in [2.05, 4.69) is 5.32 Å². The fraction of sp³-hybridized carbons (Fsp3) is 0.500. The molecule has 1 unspecified atom stereocenters. The van der Waals surface area contributed by atoms with Crippen LogP contribution in [0, 0.1) is 5.82 Å². The van der Waals surface area contributed by atoms with Gasteiger partial charge in [-0.1, -0.05) is 6.07 Å². The Morgan fingerprint density at radius 3 is 2.89 bits per heavy atom. The van der Waals surface area contributed by atoms with Crippen LogP contribution in [0.4, 0.5) is 10.1 Å². The van der Waals surface area contributed by atoms with Crippen LogP contribution < -0.4 is 5.32 Å². The van der Waals surface area contributed by atoms with Crippen LogP contribution in [0.15, 0.2) is 24.3 Å². The first kappa shape index (κ1) is 15.6. The molecule has 1 rings (SSSR count). The van der Waals surface area contributed by atoms with Gasteiger partial charge in [-0.25, -0.2) is 4.39 Å². The lowest BCUT2D eigenvalue weighted by Gasteiger charge is -2.23. The Labute approximate surface area is 113 Å². The lowest BCUT2D eigenvalue weighted by Crippen LogP contribution is -2.40. The first-order valence-electron chi connectivity index (χ1n) is 6.30. The Balaban J connectivity index is 2.48. The predicted molar refractivity (Wildman–Crippen MR) is 73.6 cm³/mol. The van der Waals surface area contributed by atoms with Crippen molar-refractivity contribution < 1.29 is 13.9 Å². The Kier molecular flexibility index (Phi) is 6.45. The molecule has 0 bridgehead atoms. The molecule has 0 heterocycles. The summed E-state index contributed by atoms with van der Waals surface area (Å²) in [5, 5.41) is 2.70. The maximum absolute atomic E-state index is 13.0. The highest BCUT2D eigenvalue weighted by atomic mass is 19.1. The molecule has 19 heavy (non-hydrogen) atoms. The molecule has 0 saturated carbocycles. The van der Waals surface area contributed by atoms with Crippen LogP contribution in [0.3, 0.4) is 0 Å². The van der Waals surface area contributed by atoms with E-state index in [0.29, 0.717) is 12.3 Å². The zero-order valence-electron chi connectivity index (χ0n) is 11.6. The largest absolute Gasteiger partial charge is 0.385 e. The molecule has 1 aromatic carbocycles. The summed E-state index contributed by atoms with van der Waals surface area (Å²) in [5.74, 6) is -0.510. The standard InChI is InChI=1S/C14H21FN2O2/c1-11(17(2)8-5-9-19-3)14(18)16-13-7-4-6-12(15)10-13/h4,6-7,10-11H,5,8-9H2,1-3H3,(H,16,18). The molecule has 0 aromatic heterocycles. The number of anilines is 1. The molecule has 0 aliphatic carbocycles. The van der Waals surface area contributed by atoms with E-state index in [1.807, 2.05) is 18.9 Å². The molecule has 1 aromatic rings. The summed E-state index contributed by atoms with van der Waals surface area (Å²) in [6.45, 7) is 3.26. The van der Waals surface area contributed by atoms with E-state index in [1.165, 1.54) is 12.1 Å². The molecule has 1 N–H and O–H groups in total. The fourth-order valence-electron chi connectivity index (χ4n) is 1.67. The first-order chi connectivity index (χ1) is 9.04. The molecule has 4 nitrogen and oxygen atoms in total. The molecule has 1 atom stereocenters. The zero-order chi connectivity index (χ0) is 14.3. The monoisotopic (exact) mass is 268 g/mol. The SMILES string of the molecule is COCCCN(C)C(C)C(=O)Nc1cccc(F)c1. The summed E-state index contributed by atoms with van der Waals surface area (Å²) in [4.78, 5) is 13.9. The van der Waals surface area contributed by atoms with Crippen molar-refractivity contribution >= 4 is 11.6 Å². The van der Waals surface area contributed by atoms with Crippen LogP contribution in [0.1, 0.15) is 13.3 Å². The smallest absolute Gasteiger partial charge is 0.241 e. The van der Waals surface area contributed by atoms with Crippen LogP contribution in [0.5, 0.6) is 0 Å². The van der Waals surface area contributed by atoms with E-state index < -0.39 is 0 Å². The predicted octanol–water partition coefficient (Wildman–Crippen LogP) is 2.12. The number of methoxy groups -OCH3 is 1. The van der Waals surface area contributed by atoms with Crippen molar-refractivity contribution in [2.45, 2.75) is 19.4 Å². The third kappa shape index (κ3) is 5.36. The minimum Gasteiger partial charge on any atom is -0.385 e. The lowest BCUT2D eigenvalue weighted by atomic mass is 10.2. The second kappa shape index (κ2) is 7.86. The molecule has 0 aliphatic rings. The molecular weight excluding hydrogens is 247 g/mol. The summed E-state index contributed by atoms with van der Waals surface area (Å²) in [7, 11) is 3.53. The normalized spacial score (nSPS) is 12.5. The minimum atomic E-state index is -0.362. The van der Waals surface area contributed by atoms with Crippen molar-refractivity contribution in [2.24, 2.45) is 0 Å². The molecular formula is C14H21FN2O2. The molecule has 0 fully saturated rings. The number of carbonyl (C=O) groups excluding carboxylic acids is 1. The molecule has 1 amide bonds. The van der Waals surface area contributed by atoms with Crippen LogP contribution in [-0.2, 0) is 9.53 Å². The Morgan fingerprint density at radius 1 is 1.53 bits per heavy atom. The number of halogens is 1. The van der Waals surface area contributed by atoms with Crippen molar-refractivity contribution in [3.63, 3.8) is 0 Å². The van der Waals surface area contributed by atoms with Crippen LogP contribution in [-0.4, -0.2) is 44.2 Å². The highest BCUT2D eigenvalue weighted by molar-refractivity contribution is 5.94. The van der Waals surface area contributed by atoms with Gasteiger partial charge in [0.25, 0.3) is 0 Å². The van der Waals surface area contributed by atoms with Gasteiger partial charge in [0.15, 0.2) is 0 Å². The van der Waals surface area contributed by atoms with Crippen LogP contribution in [0.2, 0.25) is 0 Å². The summed E-state index contributed by atoms with van der Waals surface area (Å²) in [5.41, 5.74) is 0.474. The maximum Gasteiger partial charge on any atom is 0.241 e. The number of ether oxygens (including phenoxy) is 1. The Hall–Kier alpha value is -1.46. The molecule has 0 aliphatic heterocycles. The minimum absolute atomic E-state index is 0.148. The van der Waals surface area contributed by atoms with Gasteiger partial charge in [0, 0.05) is 25.9 Å².